The van der Waals surface area contributed by atoms with Crippen LogP contribution < -0.4 is 5.32 Å². The minimum atomic E-state index is -1.03. The quantitative estimate of drug-likeness (QED) is 0.275. The van der Waals surface area contributed by atoms with Gasteiger partial charge in [0.15, 0.2) is 5.96 Å². The summed E-state index contributed by atoms with van der Waals surface area (Å²) < 4.78 is 0. The first-order chi connectivity index (χ1) is 11.0. The SMILES string of the molecule is CCCCCCCCCCCCC(=O)NC(=N)N(C)CC(=O)O. The fourth-order valence-electron chi connectivity index (χ4n) is 2.34. The number of rotatable bonds is 13. The summed E-state index contributed by atoms with van der Waals surface area (Å²) in [7, 11) is 1.47. The van der Waals surface area contributed by atoms with Crippen molar-refractivity contribution >= 4 is 17.8 Å². The van der Waals surface area contributed by atoms with Gasteiger partial charge in [0.2, 0.25) is 5.91 Å². The Hall–Kier alpha value is -1.59. The number of carboxylic acids is 1. The molecular formula is C17H33N3O3. The topological polar surface area (TPSA) is 93.5 Å². The highest BCUT2D eigenvalue weighted by molar-refractivity contribution is 5.96. The molecule has 0 radical (unpaired) electrons. The number of unbranched alkanes of at least 4 members (excludes halogenated alkanes) is 9. The Bertz CT molecular complexity index is 359. The van der Waals surface area contributed by atoms with Crippen molar-refractivity contribution < 1.29 is 14.7 Å². The number of carboxylic acid groups (broad SMARTS) is 1. The monoisotopic (exact) mass is 327 g/mol. The molecule has 1 amide bonds. The molecule has 0 aromatic carbocycles. The highest BCUT2D eigenvalue weighted by atomic mass is 16.4. The van der Waals surface area contributed by atoms with Crippen LogP contribution in [0.4, 0.5) is 0 Å². The van der Waals surface area contributed by atoms with Crippen LogP contribution in [0, 0.1) is 5.41 Å². The molecular weight excluding hydrogens is 294 g/mol. The van der Waals surface area contributed by atoms with Gasteiger partial charge in [0, 0.05) is 13.5 Å². The van der Waals surface area contributed by atoms with Crippen LogP contribution in [-0.4, -0.2) is 41.4 Å². The molecule has 6 nitrogen and oxygen atoms in total. The van der Waals surface area contributed by atoms with E-state index in [0.29, 0.717) is 6.42 Å². The molecule has 0 aromatic heterocycles. The van der Waals surface area contributed by atoms with Gasteiger partial charge < -0.3 is 10.0 Å². The first-order valence-electron chi connectivity index (χ1n) is 8.78. The van der Waals surface area contributed by atoms with Crippen LogP contribution in [0.25, 0.3) is 0 Å². The summed E-state index contributed by atoms with van der Waals surface area (Å²) in [5.41, 5.74) is 0. The van der Waals surface area contributed by atoms with Crippen molar-refractivity contribution in [2.45, 2.75) is 77.6 Å². The molecule has 23 heavy (non-hydrogen) atoms. The fraction of sp³-hybridized carbons (Fsp3) is 0.824. The van der Waals surface area contributed by atoms with Crippen molar-refractivity contribution in [2.75, 3.05) is 13.6 Å². The van der Waals surface area contributed by atoms with Crippen molar-refractivity contribution in [1.82, 2.24) is 10.2 Å². The van der Waals surface area contributed by atoms with Crippen molar-refractivity contribution in [3.8, 4) is 0 Å². The third-order valence-electron chi connectivity index (χ3n) is 3.77. The van der Waals surface area contributed by atoms with Crippen molar-refractivity contribution in [3.05, 3.63) is 0 Å². The summed E-state index contributed by atoms with van der Waals surface area (Å²) >= 11 is 0. The van der Waals surface area contributed by atoms with E-state index in [0.717, 1.165) is 19.3 Å². The summed E-state index contributed by atoms with van der Waals surface area (Å²) in [5, 5.41) is 18.6. The Morgan fingerprint density at radius 1 is 0.957 bits per heavy atom. The van der Waals surface area contributed by atoms with Crippen molar-refractivity contribution in [1.29, 1.82) is 5.41 Å². The maximum Gasteiger partial charge on any atom is 0.323 e. The Kier molecular flexibility index (Phi) is 13.1. The molecule has 3 N–H and O–H groups in total. The first kappa shape index (κ1) is 21.4. The Morgan fingerprint density at radius 2 is 1.43 bits per heavy atom. The lowest BCUT2D eigenvalue weighted by Gasteiger charge is -2.17. The molecule has 0 aliphatic rings. The van der Waals surface area contributed by atoms with E-state index < -0.39 is 5.97 Å². The van der Waals surface area contributed by atoms with Gasteiger partial charge in [-0.2, -0.15) is 0 Å². The van der Waals surface area contributed by atoms with E-state index in [1.54, 1.807) is 0 Å². The number of nitrogens with zero attached hydrogens (tertiary/aromatic N) is 1. The van der Waals surface area contributed by atoms with Crippen LogP contribution in [0.2, 0.25) is 0 Å². The number of carbonyl (C=O) groups is 2. The lowest BCUT2D eigenvalue weighted by molar-refractivity contribution is -0.137. The number of hydrogen-bond donors (Lipinski definition) is 3. The smallest absolute Gasteiger partial charge is 0.323 e. The molecule has 0 heterocycles. The average Bonchev–Trinajstić information content (AvgIpc) is 2.48. The highest BCUT2D eigenvalue weighted by Crippen LogP contribution is 2.11. The molecule has 134 valence electrons. The third-order valence-corrected chi connectivity index (χ3v) is 3.77. The minimum absolute atomic E-state index is 0.163. The van der Waals surface area contributed by atoms with E-state index in [-0.39, 0.29) is 18.4 Å². The summed E-state index contributed by atoms with van der Waals surface area (Å²) in [4.78, 5) is 23.4. The van der Waals surface area contributed by atoms with E-state index in [1.165, 1.54) is 56.9 Å². The second-order valence-electron chi connectivity index (χ2n) is 6.08. The van der Waals surface area contributed by atoms with Gasteiger partial charge in [-0.15, -0.1) is 0 Å². The minimum Gasteiger partial charge on any atom is -0.480 e. The molecule has 0 fully saturated rings. The summed E-state index contributed by atoms with van der Waals surface area (Å²) in [6.07, 6.45) is 12.5. The zero-order valence-electron chi connectivity index (χ0n) is 14.7. The van der Waals surface area contributed by atoms with Crippen molar-refractivity contribution in [3.63, 3.8) is 0 Å². The van der Waals surface area contributed by atoms with Crippen LogP contribution in [0.3, 0.4) is 0 Å². The van der Waals surface area contributed by atoms with Gasteiger partial charge in [0.25, 0.3) is 0 Å². The van der Waals surface area contributed by atoms with E-state index >= 15 is 0 Å². The molecule has 6 heteroatoms. The Morgan fingerprint density at radius 3 is 1.91 bits per heavy atom. The summed E-state index contributed by atoms with van der Waals surface area (Å²) in [5.74, 6) is -1.41. The van der Waals surface area contributed by atoms with Crippen LogP contribution >= 0.6 is 0 Å². The summed E-state index contributed by atoms with van der Waals surface area (Å²) in [6.45, 7) is 1.93. The molecule has 0 unspecified atom stereocenters. The van der Waals surface area contributed by atoms with E-state index in [1.807, 2.05) is 0 Å². The Balaban J connectivity index is 3.49. The number of amides is 1. The normalized spacial score (nSPS) is 10.3. The van der Waals surface area contributed by atoms with Gasteiger partial charge in [0.05, 0.1) is 0 Å². The predicted octanol–water partition coefficient (Wildman–Crippen LogP) is 3.36. The number of guanidine groups is 1. The predicted molar refractivity (Wildman–Crippen MR) is 92.6 cm³/mol. The maximum atomic E-state index is 11.7. The molecule has 0 aromatic rings. The van der Waals surface area contributed by atoms with Gasteiger partial charge in [-0.05, 0) is 6.42 Å². The van der Waals surface area contributed by atoms with E-state index in [4.69, 9.17) is 10.5 Å². The first-order valence-corrected chi connectivity index (χ1v) is 8.78. The molecule has 0 rings (SSSR count). The number of likely N-dealkylation sites (N-methyl/N-ethyl adjacent to an activating group) is 1. The third kappa shape index (κ3) is 13.8. The zero-order chi connectivity index (χ0) is 17.5. The second kappa shape index (κ2) is 14.0. The lowest BCUT2D eigenvalue weighted by Crippen LogP contribution is -2.43. The van der Waals surface area contributed by atoms with E-state index in [2.05, 4.69) is 12.2 Å². The van der Waals surface area contributed by atoms with Gasteiger partial charge in [-0.25, -0.2) is 0 Å². The van der Waals surface area contributed by atoms with Crippen LogP contribution in [0.5, 0.6) is 0 Å². The van der Waals surface area contributed by atoms with Gasteiger partial charge in [0.1, 0.15) is 6.54 Å². The maximum absolute atomic E-state index is 11.7. The van der Waals surface area contributed by atoms with Gasteiger partial charge >= 0.3 is 5.97 Å². The molecule has 0 bridgehead atoms. The molecule has 0 aliphatic carbocycles. The number of aliphatic carboxylic acids is 1. The molecule has 0 spiro atoms. The van der Waals surface area contributed by atoms with Gasteiger partial charge in [-0.3, -0.25) is 20.3 Å². The number of carbonyl (C=O) groups excluding carboxylic acids is 1. The number of hydrogen-bond acceptors (Lipinski definition) is 3. The molecule has 0 saturated carbocycles. The van der Waals surface area contributed by atoms with Crippen molar-refractivity contribution in [2.24, 2.45) is 0 Å². The van der Waals surface area contributed by atoms with Crippen LogP contribution in [0.15, 0.2) is 0 Å². The van der Waals surface area contributed by atoms with E-state index in [9.17, 15) is 9.59 Å². The largest absolute Gasteiger partial charge is 0.480 e. The number of nitrogens with one attached hydrogen (secondary N) is 2. The van der Waals surface area contributed by atoms with Gasteiger partial charge in [-0.1, -0.05) is 64.7 Å². The van der Waals surface area contributed by atoms with Crippen LogP contribution in [0.1, 0.15) is 77.6 Å². The lowest BCUT2D eigenvalue weighted by atomic mass is 10.1. The Labute approximate surface area is 140 Å². The molecule has 0 atom stereocenters. The highest BCUT2D eigenvalue weighted by Gasteiger charge is 2.11. The molecule has 0 aliphatic heterocycles. The summed E-state index contributed by atoms with van der Waals surface area (Å²) in [6, 6.07) is 0. The standard InChI is InChI=1S/C17H33N3O3/c1-3-4-5-6-7-8-9-10-11-12-13-15(21)19-17(18)20(2)14-16(22)23/h3-14H2,1-2H3,(H,22,23)(H2,18,19,21). The average molecular weight is 327 g/mol. The zero-order valence-corrected chi connectivity index (χ0v) is 14.7. The molecule has 0 saturated heterocycles. The fourth-order valence-corrected chi connectivity index (χ4v) is 2.34. The second-order valence-corrected chi connectivity index (χ2v) is 6.08. The van der Waals surface area contributed by atoms with Crippen LogP contribution in [-0.2, 0) is 9.59 Å².